The van der Waals surface area contributed by atoms with Crippen molar-refractivity contribution in [2.75, 3.05) is 11.9 Å². The van der Waals surface area contributed by atoms with Gasteiger partial charge in [-0.2, -0.15) is 0 Å². The number of hydrogen-bond donors (Lipinski definition) is 1. The van der Waals surface area contributed by atoms with Crippen molar-refractivity contribution >= 4 is 11.9 Å². The Balaban J connectivity index is 2.32. The van der Waals surface area contributed by atoms with Gasteiger partial charge in [0.1, 0.15) is 5.82 Å². The topological polar surface area (TPSA) is 51.2 Å². The van der Waals surface area contributed by atoms with E-state index in [4.69, 9.17) is 4.74 Å². The van der Waals surface area contributed by atoms with Crippen molar-refractivity contribution in [3.8, 4) is 0 Å². The van der Waals surface area contributed by atoms with E-state index in [1.807, 2.05) is 0 Å². The molecule has 0 saturated carbocycles. The smallest absolute Gasteiger partial charge is 0.412 e. The Morgan fingerprint density at radius 3 is 2.75 bits per heavy atom. The maximum atomic E-state index is 11.4. The van der Waals surface area contributed by atoms with Gasteiger partial charge in [0, 0.05) is 6.20 Å². The predicted molar refractivity (Wildman–Crippen MR) is 63.2 cm³/mol. The fraction of sp³-hybridized carbons (Fsp3) is 0.500. The number of pyridine rings is 1. The maximum absolute atomic E-state index is 11.4. The number of carbonyl (C=O) groups excluding carboxylic acids is 1. The minimum atomic E-state index is -0.453. The Morgan fingerprint density at radius 1 is 1.44 bits per heavy atom. The second-order valence-electron chi connectivity index (χ2n) is 4.16. The molecular weight excluding hydrogens is 204 g/mol. The summed E-state index contributed by atoms with van der Waals surface area (Å²) in [6.07, 6.45) is 1.16. The standard InChI is InChI=1S/C12H18N2O2/c1-9(2)10(3)8-16-12(15)14-11-6-4-5-7-13-11/h4-7,9-10H,8H2,1-3H3,(H,13,14,15). The first-order chi connectivity index (χ1) is 7.59. The van der Waals surface area contributed by atoms with Crippen molar-refractivity contribution in [1.29, 1.82) is 0 Å². The number of amides is 1. The predicted octanol–water partition coefficient (Wildman–Crippen LogP) is 2.92. The summed E-state index contributed by atoms with van der Waals surface area (Å²) in [4.78, 5) is 15.3. The van der Waals surface area contributed by atoms with Crippen molar-refractivity contribution in [3.05, 3.63) is 24.4 Å². The molecule has 0 aliphatic carbocycles. The van der Waals surface area contributed by atoms with E-state index in [1.54, 1.807) is 24.4 Å². The normalized spacial score (nSPS) is 12.2. The van der Waals surface area contributed by atoms with Gasteiger partial charge >= 0.3 is 6.09 Å². The molecule has 0 aliphatic rings. The molecule has 1 aromatic heterocycles. The summed E-state index contributed by atoms with van der Waals surface area (Å²) >= 11 is 0. The zero-order valence-electron chi connectivity index (χ0n) is 9.93. The lowest BCUT2D eigenvalue weighted by molar-refractivity contribution is 0.133. The molecular formula is C12H18N2O2. The number of hydrogen-bond acceptors (Lipinski definition) is 3. The van der Waals surface area contributed by atoms with Crippen LogP contribution in [0.4, 0.5) is 10.6 Å². The van der Waals surface area contributed by atoms with Crippen molar-refractivity contribution in [2.24, 2.45) is 11.8 Å². The molecule has 1 N–H and O–H groups in total. The van der Waals surface area contributed by atoms with Gasteiger partial charge in [0.15, 0.2) is 0 Å². The van der Waals surface area contributed by atoms with Crippen LogP contribution in [0.3, 0.4) is 0 Å². The number of anilines is 1. The van der Waals surface area contributed by atoms with E-state index < -0.39 is 6.09 Å². The molecule has 4 heteroatoms. The zero-order chi connectivity index (χ0) is 12.0. The summed E-state index contributed by atoms with van der Waals surface area (Å²) < 4.78 is 5.08. The number of nitrogens with zero attached hydrogens (tertiary/aromatic N) is 1. The highest BCUT2D eigenvalue weighted by atomic mass is 16.5. The summed E-state index contributed by atoms with van der Waals surface area (Å²) in [5.74, 6) is 1.36. The van der Waals surface area contributed by atoms with Gasteiger partial charge in [0.2, 0.25) is 0 Å². The minimum Gasteiger partial charge on any atom is -0.449 e. The van der Waals surface area contributed by atoms with Crippen LogP contribution in [0, 0.1) is 11.8 Å². The molecule has 1 unspecified atom stereocenters. The molecule has 0 spiro atoms. The van der Waals surface area contributed by atoms with Gasteiger partial charge in [-0.15, -0.1) is 0 Å². The molecule has 1 aromatic rings. The second kappa shape index (κ2) is 6.10. The molecule has 1 atom stereocenters. The summed E-state index contributed by atoms with van der Waals surface area (Å²) in [5.41, 5.74) is 0. The van der Waals surface area contributed by atoms with Gasteiger partial charge in [-0.1, -0.05) is 26.8 Å². The number of ether oxygens (including phenoxy) is 1. The first kappa shape index (κ1) is 12.5. The summed E-state index contributed by atoms with van der Waals surface area (Å²) in [6, 6.07) is 5.31. The Bertz CT molecular complexity index is 325. The molecule has 0 bridgehead atoms. The molecule has 1 amide bonds. The van der Waals surface area contributed by atoms with E-state index in [1.165, 1.54) is 0 Å². The SMILES string of the molecule is CC(C)C(C)COC(=O)Nc1ccccn1. The molecule has 16 heavy (non-hydrogen) atoms. The van der Waals surface area contributed by atoms with E-state index >= 15 is 0 Å². The third-order valence-electron chi connectivity index (χ3n) is 2.51. The van der Waals surface area contributed by atoms with Crippen LogP contribution >= 0.6 is 0 Å². The maximum Gasteiger partial charge on any atom is 0.412 e. The van der Waals surface area contributed by atoms with Gasteiger partial charge < -0.3 is 4.74 Å². The Morgan fingerprint density at radius 2 is 2.19 bits per heavy atom. The monoisotopic (exact) mass is 222 g/mol. The van der Waals surface area contributed by atoms with Crippen molar-refractivity contribution in [2.45, 2.75) is 20.8 Å². The van der Waals surface area contributed by atoms with Crippen LogP contribution in [0.25, 0.3) is 0 Å². The summed E-state index contributed by atoms with van der Waals surface area (Å²) in [5, 5.41) is 2.56. The van der Waals surface area contributed by atoms with E-state index in [-0.39, 0.29) is 0 Å². The first-order valence-corrected chi connectivity index (χ1v) is 5.44. The molecule has 0 fully saturated rings. The molecule has 4 nitrogen and oxygen atoms in total. The Hall–Kier alpha value is -1.58. The van der Waals surface area contributed by atoms with Gasteiger partial charge in [0.05, 0.1) is 6.61 Å². The van der Waals surface area contributed by atoms with Crippen LogP contribution in [0.1, 0.15) is 20.8 Å². The lowest BCUT2D eigenvalue weighted by atomic mass is 10.00. The van der Waals surface area contributed by atoms with Gasteiger partial charge in [0.25, 0.3) is 0 Å². The largest absolute Gasteiger partial charge is 0.449 e. The van der Waals surface area contributed by atoms with Crippen molar-refractivity contribution in [1.82, 2.24) is 4.98 Å². The lowest BCUT2D eigenvalue weighted by Gasteiger charge is -2.15. The number of carbonyl (C=O) groups is 1. The number of nitrogens with one attached hydrogen (secondary N) is 1. The molecule has 0 radical (unpaired) electrons. The highest BCUT2D eigenvalue weighted by molar-refractivity contribution is 5.83. The van der Waals surface area contributed by atoms with E-state index in [0.29, 0.717) is 24.3 Å². The van der Waals surface area contributed by atoms with E-state index in [9.17, 15) is 4.79 Å². The van der Waals surface area contributed by atoms with Crippen LogP contribution in [-0.4, -0.2) is 17.7 Å². The van der Waals surface area contributed by atoms with Gasteiger partial charge in [-0.3, -0.25) is 5.32 Å². The van der Waals surface area contributed by atoms with Crippen molar-refractivity contribution in [3.63, 3.8) is 0 Å². The quantitative estimate of drug-likeness (QED) is 0.852. The highest BCUT2D eigenvalue weighted by Crippen LogP contribution is 2.10. The molecule has 1 rings (SSSR count). The third-order valence-corrected chi connectivity index (χ3v) is 2.51. The average Bonchev–Trinajstić information content (AvgIpc) is 2.27. The van der Waals surface area contributed by atoms with Crippen LogP contribution in [0.5, 0.6) is 0 Å². The molecule has 0 aliphatic heterocycles. The number of aromatic nitrogens is 1. The molecule has 0 aromatic carbocycles. The zero-order valence-corrected chi connectivity index (χ0v) is 9.93. The van der Waals surface area contributed by atoms with Crippen LogP contribution < -0.4 is 5.32 Å². The highest BCUT2D eigenvalue weighted by Gasteiger charge is 2.10. The number of rotatable bonds is 4. The van der Waals surface area contributed by atoms with Gasteiger partial charge in [-0.05, 0) is 24.0 Å². The molecule has 0 saturated heterocycles. The average molecular weight is 222 g/mol. The van der Waals surface area contributed by atoms with Crippen LogP contribution in [-0.2, 0) is 4.74 Å². The molecule has 88 valence electrons. The van der Waals surface area contributed by atoms with E-state index in [2.05, 4.69) is 31.1 Å². The Kier molecular flexibility index (Phi) is 4.76. The minimum absolute atomic E-state index is 0.356. The van der Waals surface area contributed by atoms with Gasteiger partial charge in [-0.25, -0.2) is 9.78 Å². The van der Waals surface area contributed by atoms with Crippen LogP contribution in [0.15, 0.2) is 24.4 Å². The fourth-order valence-electron chi connectivity index (χ4n) is 0.977. The Labute approximate surface area is 96.0 Å². The first-order valence-electron chi connectivity index (χ1n) is 5.44. The fourth-order valence-corrected chi connectivity index (χ4v) is 0.977. The summed E-state index contributed by atoms with van der Waals surface area (Å²) in [6.45, 7) is 6.68. The second-order valence-corrected chi connectivity index (χ2v) is 4.16. The lowest BCUT2D eigenvalue weighted by Crippen LogP contribution is -2.20. The summed E-state index contributed by atoms with van der Waals surface area (Å²) in [7, 11) is 0. The van der Waals surface area contributed by atoms with Crippen molar-refractivity contribution < 1.29 is 9.53 Å². The van der Waals surface area contributed by atoms with Crippen LogP contribution in [0.2, 0.25) is 0 Å². The molecule has 1 heterocycles. The van der Waals surface area contributed by atoms with E-state index in [0.717, 1.165) is 0 Å². The third kappa shape index (κ3) is 4.29.